The quantitative estimate of drug-likeness (QED) is 0.789. The van der Waals surface area contributed by atoms with Crippen molar-refractivity contribution in [2.75, 3.05) is 14.1 Å². The van der Waals surface area contributed by atoms with Crippen molar-refractivity contribution < 1.29 is 14.2 Å². The molecule has 3 aliphatic rings. The molecule has 4 rings (SSSR count). The van der Waals surface area contributed by atoms with Gasteiger partial charge < -0.3 is 0 Å². The van der Waals surface area contributed by atoms with Crippen molar-refractivity contribution in [3.63, 3.8) is 0 Å². The molecule has 1 unspecified atom stereocenters. The molecule has 8 heteroatoms. The first-order valence-corrected chi connectivity index (χ1v) is 10.1. The maximum Gasteiger partial charge on any atom is 0.390 e. The molecule has 0 aromatic heterocycles. The Hall–Kier alpha value is -2.41. The lowest BCUT2D eigenvalue weighted by Crippen LogP contribution is -2.61. The Labute approximate surface area is 169 Å². The van der Waals surface area contributed by atoms with Gasteiger partial charge in [-0.15, -0.1) is 0 Å². The van der Waals surface area contributed by atoms with Crippen LogP contribution in [0.4, 0.5) is 4.79 Å². The predicted octanol–water partition coefficient (Wildman–Crippen LogP) is 2.44. The van der Waals surface area contributed by atoms with Crippen LogP contribution in [0, 0.1) is 0 Å². The molecule has 148 valence electrons. The second-order valence-electron chi connectivity index (χ2n) is 7.67. The average Bonchev–Trinajstić information content (AvgIpc) is 3.05. The minimum atomic E-state index is -0.602. The molecule has 0 spiro atoms. The lowest BCUT2D eigenvalue weighted by atomic mass is 9.96. The van der Waals surface area contributed by atoms with E-state index in [1.807, 2.05) is 28.8 Å². The number of imide groups is 1. The molecule has 0 bridgehead atoms. The Kier molecular flexibility index (Phi) is 5.10. The van der Waals surface area contributed by atoms with Gasteiger partial charge in [0.2, 0.25) is 11.9 Å². The van der Waals surface area contributed by atoms with Crippen molar-refractivity contribution in [1.82, 2.24) is 15.1 Å². The fraction of sp³-hybridized carbons (Fsp3) is 0.500. The minimum Gasteiger partial charge on any atom is -0.272 e. The van der Waals surface area contributed by atoms with Crippen LogP contribution in [0.15, 0.2) is 29.3 Å². The molecule has 28 heavy (non-hydrogen) atoms. The first-order valence-electron chi connectivity index (χ1n) is 9.74. The van der Waals surface area contributed by atoms with Crippen molar-refractivity contribution in [3.8, 4) is 0 Å². The van der Waals surface area contributed by atoms with E-state index >= 15 is 0 Å². The van der Waals surface area contributed by atoms with Crippen LogP contribution in [0.5, 0.6) is 0 Å². The number of fused-ring (bicyclic) bond motifs is 1. The topological polar surface area (TPSA) is 68.0 Å². The summed E-state index contributed by atoms with van der Waals surface area (Å²) in [5.74, 6) is 0.904. The van der Waals surface area contributed by atoms with Crippen molar-refractivity contribution in [3.05, 3.63) is 34.9 Å². The van der Waals surface area contributed by atoms with E-state index in [0.29, 0.717) is 29.4 Å². The Morgan fingerprint density at radius 2 is 1.79 bits per heavy atom. The number of hydrogen-bond acceptors (Lipinski definition) is 4. The number of urea groups is 1. The fourth-order valence-electron chi connectivity index (χ4n) is 4.10. The van der Waals surface area contributed by atoms with Gasteiger partial charge >= 0.3 is 12.0 Å². The standard InChI is InChI=1S/C20H24ClN5O2/c1-24-17-16(18(27)25(2)20(24)28)26(12-13-8-10-14(21)11-9-13)19(23-17)22-15-6-4-3-5-7-15/h8-11,15-16H,3-7,12H2,1-2H3/p+1. The second-order valence-corrected chi connectivity index (χ2v) is 8.11. The van der Waals surface area contributed by atoms with Crippen LogP contribution in [-0.4, -0.2) is 64.3 Å². The largest absolute Gasteiger partial charge is 0.390 e. The van der Waals surface area contributed by atoms with Gasteiger partial charge in [0.1, 0.15) is 0 Å². The Balaban J connectivity index is 1.69. The molecule has 2 aliphatic heterocycles. The zero-order valence-electron chi connectivity index (χ0n) is 16.2. The zero-order valence-corrected chi connectivity index (χ0v) is 16.9. The molecule has 3 amide bonds. The Morgan fingerprint density at radius 3 is 2.46 bits per heavy atom. The van der Waals surface area contributed by atoms with E-state index in [4.69, 9.17) is 16.6 Å². The number of amidine groups is 1. The third-order valence-electron chi connectivity index (χ3n) is 5.74. The summed E-state index contributed by atoms with van der Waals surface area (Å²) in [6, 6.07) is 6.96. The van der Waals surface area contributed by atoms with Gasteiger partial charge in [-0.3, -0.25) is 19.9 Å². The van der Waals surface area contributed by atoms with Gasteiger partial charge in [0, 0.05) is 19.1 Å². The maximum absolute atomic E-state index is 12.9. The molecule has 1 N–H and O–H groups in total. The summed E-state index contributed by atoms with van der Waals surface area (Å²) in [6.45, 7) is 0.505. The minimum absolute atomic E-state index is 0.253. The first kappa shape index (κ1) is 18.9. The van der Waals surface area contributed by atoms with Crippen molar-refractivity contribution >= 4 is 35.3 Å². The van der Waals surface area contributed by atoms with Gasteiger partial charge in [0.25, 0.3) is 5.91 Å². The number of hydrogen-bond donors (Lipinski definition) is 1. The van der Waals surface area contributed by atoms with Crippen LogP contribution in [0.1, 0.15) is 37.7 Å². The molecule has 1 aliphatic carbocycles. The number of halogens is 1. The number of carbonyl (C=O) groups excluding carboxylic acids is 2. The summed E-state index contributed by atoms with van der Waals surface area (Å²) in [5, 5.41) is 4.22. The lowest BCUT2D eigenvalue weighted by Gasteiger charge is -2.31. The summed E-state index contributed by atoms with van der Waals surface area (Å²) >= 11 is 6.02. The number of aliphatic imine (C=N–C) groups is 1. The van der Waals surface area contributed by atoms with E-state index in [1.54, 1.807) is 7.05 Å². The van der Waals surface area contributed by atoms with E-state index in [-0.39, 0.29) is 11.9 Å². The summed E-state index contributed by atoms with van der Waals surface area (Å²) in [7, 11) is 3.19. The number of amides is 3. The second kappa shape index (κ2) is 7.54. The number of carbonyl (C=O) groups is 2. The molecule has 7 nitrogen and oxygen atoms in total. The molecule has 2 heterocycles. The van der Waals surface area contributed by atoms with Gasteiger partial charge in [-0.25, -0.2) is 9.37 Å². The summed E-state index contributed by atoms with van der Waals surface area (Å²) < 4.78 is 1.97. The molecule has 1 aromatic rings. The fourth-order valence-corrected chi connectivity index (χ4v) is 4.22. The molecule has 2 fully saturated rings. The number of benzene rings is 1. The van der Waals surface area contributed by atoms with E-state index in [1.165, 1.54) is 36.1 Å². The lowest BCUT2D eigenvalue weighted by molar-refractivity contribution is -0.553. The third kappa shape index (κ3) is 3.39. The summed E-state index contributed by atoms with van der Waals surface area (Å²) in [6.07, 6.45) is 5.84. The number of rotatable bonds is 3. The van der Waals surface area contributed by atoms with Crippen molar-refractivity contribution in [2.45, 2.75) is 50.7 Å². The maximum atomic E-state index is 12.9. The molecule has 1 aromatic carbocycles. The average molecular weight is 403 g/mol. The molecule has 1 saturated heterocycles. The van der Waals surface area contributed by atoms with Crippen LogP contribution in [-0.2, 0) is 11.3 Å². The highest BCUT2D eigenvalue weighted by molar-refractivity contribution is 6.30. The number of likely N-dealkylation sites (N-methyl/N-ethyl adjacent to an activating group) is 2. The molecule has 1 atom stereocenters. The van der Waals surface area contributed by atoms with Gasteiger partial charge in [0.05, 0.1) is 12.6 Å². The smallest absolute Gasteiger partial charge is 0.272 e. The predicted molar refractivity (Wildman–Crippen MR) is 108 cm³/mol. The van der Waals surface area contributed by atoms with Crippen LogP contribution in [0.3, 0.4) is 0 Å². The normalized spacial score (nSPS) is 23.2. The van der Waals surface area contributed by atoms with Gasteiger partial charge in [-0.1, -0.05) is 48.0 Å². The third-order valence-corrected chi connectivity index (χ3v) is 5.99. The van der Waals surface area contributed by atoms with E-state index in [2.05, 4.69) is 5.32 Å². The highest BCUT2D eigenvalue weighted by Crippen LogP contribution is 2.23. The number of guanidine groups is 1. The highest BCUT2D eigenvalue weighted by Gasteiger charge is 2.51. The van der Waals surface area contributed by atoms with Crippen LogP contribution in [0.25, 0.3) is 0 Å². The zero-order chi connectivity index (χ0) is 19.8. The summed E-state index contributed by atoms with van der Waals surface area (Å²) in [5.41, 5.74) is 1.03. The van der Waals surface area contributed by atoms with E-state index in [0.717, 1.165) is 18.4 Å². The Bertz CT molecular complexity index is 858. The SMILES string of the molecule is CN1C(=O)C2C(=NC(NC3CCCCC3)=[N+]2Cc2ccc(Cl)cc2)N(C)C1=O. The van der Waals surface area contributed by atoms with Gasteiger partial charge in [-0.05, 0) is 30.5 Å². The van der Waals surface area contributed by atoms with Crippen LogP contribution in [0.2, 0.25) is 5.02 Å². The van der Waals surface area contributed by atoms with E-state index in [9.17, 15) is 9.59 Å². The molecular formula is C20H25ClN5O2+. The Morgan fingerprint density at radius 1 is 1.11 bits per heavy atom. The molecule has 0 radical (unpaired) electrons. The molecular weight excluding hydrogens is 378 g/mol. The summed E-state index contributed by atoms with van der Waals surface area (Å²) in [4.78, 5) is 32.6. The van der Waals surface area contributed by atoms with E-state index < -0.39 is 6.04 Å². The highest BCUT2D eigenvalue weighted by atomic mass is 35.5. The van der Waals surface area contributed by atoms with Crippen molar-refractivity contribution in [1.29, 1.82) is 0 Å². The first-order chi connectivity index (χ1) is 13.5. The number of nitrogens with one attached hydrogen (secondary N) is 1. The molecule has 1 saturated carbocycles. The van der Waals surface area contributed by atoms with Crippen LogP contribution >= 0.6 is 11.6 Å². The van der Waals surface area contributed by atoms with Crippen molar-refractivity contribution in [2.24, 2.45) is 4.99 Å². The van der Waals surface area contributed by atoms with Gasteiger partial charge in [0.15, 0.2) is 0 Å². The number of nitrogens with zero attached hydrogens (tertiary/aromatic N) is 4. The van der Waals surface area contributed by atoms with Crippen LogP contribution < -0.4 is 5.32 Å². The van der Waals surface area contributed by atoms with Gasteiger partial charge in [-0.2, -0.15) is 0 Å². The monoisotopic (exact) mass is 402 g/mol.